The minimum Gasteiger partial charge on any atom is -0.441 e. The molecular weight excluding hydrogens is 411 g/mol. The average Bonchev–Trinajstić information content (AvgIpc) is 3.38. The first-order chi connectivity index (χ1) is 14.5. The van der Waals surface area contributed by atoms with Crippen molar-refractivity contribution in [2.45, 2.75) is 19.8 Å². The third-order valence-electron chi connectivity index (χ3n) is 4.34. The van der Waals surface area contributed by atoms with Gasteiger partial charge in [0.05, 0.1) is 17.6 Å². The van der Waals surface area contributed by atoms with Gasteiger partial charge in [-0.15, -0.1) is 5.10 Å². The van der Waals surface area contributed by atoms with Gasteiger partial charge in [-0.3, -0.25) is 4.79 Å². The van der Waals surface area contributed by atoms with Gasteiger partial charge in [0, 0.05) is 23.4 Å². The average molecular weight is 427 g/mol. The van der Waals surface area contributed by atoms with E-state index < -0.39 is 5.82 Å². The molecule has 4 aromatic rings. The zero-order chi connectivity index (χ0) is 21.1. The van der Waals surface area contributed by atoms with Gasteiger partial charge in [-0.25, -0.2) is 9.37 Å². The van der Waals surface area contributed by atoms with Gasteiger partial charge in [-0.05, 0) is 59.8 Å². The first-order valence-electron chi connectivity index (χ1n) is 9.05. The minimum absolute atomic E-state index is 0.0432. The topological polar surface area (TPSA) is 98.7 Å². The number of tetrazole rings is 1. The number of aryl methyl sites for hydroxylation is 2. The predicted molar refractivity (Wildman–Crippen MR) is 108 cm³/mol. The lowest BCUT2D eigenvalue weighted by molar-refractivity contribution is -0.116. The molecule has 1 amide bonds. The quantitative estimate of drug-likeness (QED) is 0.500. The Kier molecular flexibility index (Phi) is 5.53. The second-order valence-electron chi connectivity index (χ2n) is 6.48. The van der Waals surface area contributed by atoms with Crippen molar-refractivity contribution in [3.05, 3.63) is 71.2 Å². The Morgan fingerprint density at radius 3 is 2.77 bits per heavy atom. The summed E-state index contributed by atoms with van der Waals surface area (Å²) >= 11 is 5.88. The van der Waals surface area contributed by atoms with Gasteiger partial charge in [-0.2, -0.15) is 4.68 Å². The zero-order valence-electron chi connectivity index (χ0n) is 15.8. The third kappa shape index (κ3) is 4.36. The highest BCUT2D eigenvalue weighted by Crippen LogP contribution is 2.23. The maximum atomic E-state index is 14.1. The summed E-state index contributed by atoms with van der Waals surface area (Å²) in [7, 11) is 0. The van der Waals surface area contributed by atoms with E-state index in [0.717, 1.165) is 5.56 Å². The Hall–Kier alpha value is -3.59. The zero-order valence-corrected chi connectivity index (χ0v) is 16.6. The van der Waals surface area contributed by atoms with Crippen LogP contribution in [0.2, 0.25) is 5.02 Å². The molecule has 0 spiro atoms. The van der Waals surface area contributed by atoms with Crippen molar-refractivity contribution in [2.24, 2.45) is 0 Å². The lowest BCUT2D eigenvalue weighted by Crippen LogP contribution is -2.14. The van der Waals surface area contributed by atoms with E-state index in [0.29, 0.717) is 28.2 Å². The van der Waals surface area contributed by atoms with E-state index in [2.05, 4.69) is 25.8 Å². The van der Waals surface area contributed by atoms with Gasteiger partial charge >= 0.3 is 0 Å². The van der Waals surface area contributed by atoms with Crippen molar-refractivity contribution < 1.29 is 13.6 Å². The second-order valence-corrected chi connectivity index (χ2v) is 6.91. The van der Waals surface area contributed by atoms with Gasteiger partial charge in [0.15, 0.2) is 17.5 Å². The molecule has 2 heterocycles. The lowest BCUT2D eigenvalue weighted by Gasteiger charge is -2.08. The smallest absolute Gasteiger partial charge is 0.224 e. The van der Waals surface area contributed by atoms with Crippen LogP contribution in [0.3, 0.4) is 0 Å². The summed E-state index contributed by atoms with van der Waals surface area (Å²) in [6.45, 7) is 1.72. The molecule has 4 rings (SSSR count). The van der Waals surface area contributed by atoms with Gasteiger partial charge in [0.2, 0.25) is 5.91 Å². The second kappa shape index (κ2) is 8.42. The van der Waals surface area contributed by atoms with E-state index >= 15 is 0 Å². The highest BCUT2D eigenvalue weighted by molar-refractivity contribution is 6.30. The molecule has 2 aromatic heterocycles. The molecule has 10 heteroatoms. The Labute approximate surface area is 175 Å². The van der Waals surface area contributed by atoms with E-state index in [4.69, 9.17) is 16.0 Å². The number of nitrogens with zero attached hydrogens (tertiary/aromatic N) is 5. The maximum Gasteiger partial charge on any atom is 0.224 e. The highest BCUT2D eigenvalue weighted by Gasteiger charge is 2.13. The largest absolute Gasteiger partial charge is 0.441 e. The van der Waals surface area contributed by atoms with Crippen LogP contribution < -0.4 is 5.32 Å². The fraction of sp³-hybridized carbons (Fsp3) is 0.150. The van der Waals surface area contributed by atoms with Crippen molar-refractivity contribution in [2.75, 3.05) is 5.32 Å². The molecule has 0 radical (unpaired) electrons. The summed E-state index contributed by atoms with van der Waals surface area (Å²) in [5, 5.41) is 14.4. The summed E-state index contributed by atoms with van der Waals surface area (Å²) in [5.74, 6) is 0.607. The van der Waals surface area contributed by atoms with E-state index in [-0.39, 0.29) is 24.4 Å². The highest BCUT2D eigenvalue weighted by atomic mass is 35.5. The first-order valence-corrected chi connectivity index (χ1v) is 9.43. The first kappa shape index (κ1) is 19.7. The SMILES string of the molecule is Cc1nnnn1-c1ccc(F)c(NC(=O)CCc2ncc(-c3ccc(Cl)cc3)o2)c1. The molecule has 0 atom stereocenters. The molecular formula is C20H16ClFN6O2. The molecule has 0 aliphatic heterocycles. The van der Waals surface area contributed by atoms with E-state index in [1.54, 1.807) is 25.3 Å². The van der Waals surface area contributed by atoms with Crippen LogP contribution in [0, 0.1) is 12.7 Å². The number of carbonyl (C=O) groups excluding carboxylic acids is 1. The van der Waals surface area contributed by atoms with Crippen LogP contribution in [0.5, 0.6) is 0 Å². The van der Waals surface area contributed by atoms with Gasteiger partial charge in [0.1, 0.15) is 5.82 Å². The third-order valence-corrected chi connectivity index (χ3v) is 4.59. The number of aromatic nitrogens is 5. The van der Waals surface area contributed by atoms with Crippen LogP contribution in [0.15, 0.2) is 53.1 Å². The number of hydrogen-bond acceptors (Lipinski definition) is 6. The monoisotopic (exact) mass is 426 g/mol. The van der Waals surface area contributed by atoms with Crippen molar-refractivity contribution in [1.29, 1.82) is 0 Å². The molecule has 0 unspecified atom stereocenters. The number of carbonyl (C=O) groups is 1. The molecule has 0 saturated carbocycles. The maximum absolute atomic E-state index is 14.1. The van der Waals surface area contributed by atoms with Crippen molar-refractivity contribution in [3.8, 4) is 17.0 Å². The van der Waals surface area contributed by atoms with Crippen LogP contribution in [0.25, 0.3) is 17.0 Å². The lowest BCUT2D eigenvalue weighted by atomic mass is 10.2. The summed E-state index contributed by atoms with van der Waals surface area (Å²) in [5.41, 5.74) is 1.41. The Morgan fingerprint density at radius 1 is 1.23 bits per heavy atom. The normalized spacial score (nSPS) is 10.9. The summed E-state index contributed by atoms with van der Waals surface area (Å²) in [4.78, 5) is 16.5. The molecule has 2 aromatic carbocycles. The number of rotatable bonds is 6. The fourth-order valence-corrected chi connectivity index (χ4v) is 2.94. The van der Waals surface area contributed by atoms with Crippen molar-refractivity contribution in [3.63, 3.8) is 0 Å². The van der Waals surface area contributed by atoms with Gasteiger partial charge < -0.3 is 9.73 Å². The molecule has 0 bridgehead atoms. The molecule has 0 saturated heterocycles. The van der Waals surface area contributed by atoms with E-state index in [1.165, 1.54) is 22.9 Å². The molecule has 30 heavy (non-hydrogen) atoms. The number of benzene rings is 2. The number of oxazole rings is 1. The molecule has 0 aliphatic rings. The number of halogens is 2. The molecule has 152 valence electrons. The minimum atomic E-state index is -0.557. The van der Waals surface area contributed by atoms with Crippen LogP contribution in [-0.4, -0.2) is 31.1 Å². The summed E-state index contributed by atoms with van der Waals surface area (Å²) in [6, 6.07) is 11.4. The van der Waals surface area contributed by atoms with Crippen LogP contribution in [0.4, 0.5) is 10.1 Å². The van der Waals surface area contributed by atoms with Crippen LogP contribution in [0.1, 0.15) is 18.1 Å². The van der Waals surface area contributed by atoms with Crippen LogP contribution >= 0.6 is 11.6 Å². The number of hydrogen-bond donors (Lipinski definition) is 1. The van der Waals surface area contributed by atoms with Crippen molar-refractivity contribution in [1.82, 2.24) is 25.2 Å². The molecule has 8 nitrogen and oxygen atoms in total. The summed E-state index contributed by atoms with van der Waals surface area (Å²) < 4.78 is 21.3. The Morgan fingerprint density at radius 2 is 2.03 bits per heavy atom. The van der Waals surface area contributed by atoms with E-state index in [1.807, 2.05) is 12.1 Å². The summed E-state index contributed by atoms with van der Waals surface area (Å²) in [6.07, 6.45) is 1.94. The predicted octanol–water partition coefficient (Wildman–Crippen LogP) is 3.99. The van der Waals surface area contributed by atoms with Gasteiger partial charge in [0.25, 0.3) is 0 Å². The number of anilines is 1. The van der Waals surface area contributed by atoms with Crippen LogP contribution in [-0.2, 0) is 11.2 Å². The van der Waals surface area contributed by atoms with E-state index in [9.17, 15) is 9.18 Å². The fourth-order valence-electron chi connectivity index (χ4n) is 2.82. The van der Waals surface area contributed by atoms with Gasteiger partial charge in [-0.1, -0.05) is 11.6 Å². The molecule has 0 fully saturated rings. The Balaban J connectivity index is 1.40. The number of nitrogens with one attached hydrogen (secondary N) is 1. The molecule has 0 aliphatic carbocycles. The number of amides is 1. The Bertz CT molecular complexity index is 1190. The van der Waals surface area contributed by atoms with Crippen molar-refractivity contribution >= 4 is 23.2 Å². The molecule has 1 N–H and O–H groups in total. The standard InChI is InChI=1S/C20H16ClFN6O2/c1-12-25-26-27-28(12)15-6-7-16(22)17(10-15)24-19(29)8-9-20-23-11-18(30-20)13-2-4-14(21)5-3-13/h2-7,10-11H,8-9H2,1H3,(H,24,29).